The minimum atomic E-state index is 0.646. The summed E-state index contributed by atoms with van der Waals surface area (Å²) in [5.41, 5.74) is 1.28. The van der Waals surface area contributed by atoms with Crippen LogP contribution in [0, 0.1) is 12.3 Å². The number of piperidine rings is 1. The quantitative estimate of drug-likeness (QED) is 0.774. The van der Waals surface area contributed by atoms with Crippen LogP contribution in [0.25, 0.3) is 0 Å². The highest BCUT2D eigenvalue weighted by molar-refractivity contribution is 5.00. The Morgan fingerprint density at radius 3 is 2.89 bits per heavy atom. The maximum Gasteiger partial charge on any atom is 0.0598 e. The van der Waals surface area contributed by atoms with E-state index in [4.69, 9.17) is 6.42 Å². The maximum atomic E-state index is 5.33. The first-order valence-electron chi connectivity index (χ1n) is 6.65. The lowest BCUT2D eigenvalue weighted by Gasteiger charge is -2.31. The first kappa shape index (κ1) is 13.1. The fourth-order valence-corrected chi connectivity index (χ4v) is 2.48. The second-order valence-electron chi connectivity index (χ2n) is 4.90. The Labute approximate surface area is 109 Å². The SMILES string of the molecule is C#CCN1CCC(NCCc2ccnn2C)CC1. The van der Waals surface area contributed by atoms with Crippen LogP contribution in [0.1, 0.15) is 18.5 Å². The zero-order chi connectivity index (χ0) is 12.8. The fraction of sp³-hybridized carbons (Fsp3) is 0.643. The molecule has 0 atom stereocenters. The lowest BCUT2D eigenvalue weighted by Crippen LogP contribution is -2.43. The molecule has 4 heteroatoms. The Balaban J connectivity index is 1.64. The van der Waals surface area contributed by atoms with Crippen LogP contribution in [0.2, 0.25) is 0 Å². The Morgan fingerprint density at radius 1 is 1.50 bits per heavy atom. The van der Waals surface area contributed by atoms with Crippen LogP contribution in [-0.4, -0.2) is 46.9 Å². The fourth-order valence-electron chi connectivity index (χ4n) is 2.48. The largest absolute Gasteiger partial charge is 0.313 e. The number of hydrogen-bond donors (Lipinski definition) is 1. The van der Waals surface area contributed by atoms with Gasteiger partial charge in [-0.15, -0.1) is 6.42 Å². The van der Waals surface area contributed by atoms with Crippen LogP contribution in [0.15, 0.2) is 12.3 Å². The normalized spacial score (nSPS) is 17.8. The molecule has 0 saturated carbocycles. The van der Waals surface area contributed by atoms with Gasteiger partial charge in [-0.3, -0.25) is 9.58 Å². The van der Waals surface area contributed by atoms with E-state index in [-0.39, 0.29) is 0 Å². The Bertz CT molecular complexity index is 396. The van der Waals surface area contributed by atoms with Crippen molar-refractivity contribution < 1.29 is 0 Å². The van der Waals surface area contributed by atoms with E-state index in [1.807, 2.05) is 17.9 Å². The van der Waals surface area contributed by atoms with E-state index in [0.717, 1.165) is 32.6 Å². The highest BCUT2D eigenvalue weighted by atomic mass is 15.3. The van der Waals surface area contributed by atoms with Gasteiger partial charge in [-0.1, -0.05) is 5.92 Å². The molecule has 1 saturated heterocycles. The molecule has 0 spiro atoms. The number of likely N-dealkylation sites (tertiary alicyclic amines) is 1. The van der Waals surface area contributed by atoms with Gasteiger partial charge in [-0.05, 0) is 18.9 Å². The zero-order valence-corrected chi connectivity index (χ0v) is 11.1. The summed E-state index contributed by atoms with van der Waals surface area (Å²) < 4.78 is 1.94. The van der Waals surface area contributed by atoms with Crippen molar-refractivity contribution in [3.05, 3.63) is 18.0 Å². The summed E-state index contributed by atoms with van der Waals surface area (Å²) in [6.07, 6.45) is 10.6. The van der Waals surface area contributed by atoms with Crippen LogP contribution in [-0.2, 0) is 13.5 Å². The molecule has 18 heavy (non-hydrogen) atoms. The van der Waals surface area contributed by atoms with Crippen LogP contribution >= 0.6 is 0 Å². The number of nitrogens with zero attached hydrogens (tertiary/aromatic N) is 3. The molecule has 1 aliphatic rings. The lowest BCUT2D eigenvalue weighted by atomic mass is 10.0. The Morgan fingerprint density at radius 2 is 2.28 bits per heavy atom. The molecule has 1 N–H and O–H groups in total. The van der Waals surface area contributed by atoms with Crippen molar-refractivity contribution in [2.24, 2.45) is 7.05 Å². The number of terminal acetylenes is 1. The van der Waals surface area contributed by atoms with Gasteiger partial charge in [0.05, 0.1) is 6.54 Å². The topological polar surface area (TPSA) is 33.1 Å². The summed E-state index contributed by atoms with van der Waals surface area (Å²) in [6.45, 7) is 4.06. The molecule has 1 aromatic heterocycles. The van der Waals surface area contributed by atoms with Crippen LogP contribution in [0.4, 0.5) is 0 Å². The van der Waals surface area contributed by atoms with Crippen molar-refractivity contribution in [3.63, 3.8) is 0 Å². The highest BCUT2D eigenvalue weighted by Gasteiger charge is 2.17. The van der Waals surface area contributed by atoms with E-state index < -0.39 is 0 Å². The third-order valence-corrected chi connectivity index (χ3v) is 3.64. The molecule has 98 valence electrons. The van der Waals surface area contributed by atoms with Gasteiger partial charge < -0.3 is 5.32 Å². The maximum absolute atomic E-state index is 5.33. The zero-order valence-electron chi connectivity index (χ0n) is 11.1. The van der Waals surface area contributed by atoms with Crippen molar-refractivity contribution in [3.8, 4) is 12.3 Å². The Hall–Kier alpha value is -1.31. The van der Waals surface area contributed by atoms with E-state index in [1.165, 1.54) is 18.5 Å². The van der Waals surface area contributed by atoms with E-state index in [9.17, 15) is 0 Å². The minimum absolute atomic E-state index is 0.646. The second kappa shape index (κ2) is 6.58. The third-order valence-electron chi connectivity index (χ3n) is 3.64. The lowest BCUT2D eigenvalue weighted by molar-refractivity contribution is 0.218. The van der Waals surface area contributed by atoms with E-state index in [2.05, 4.69) is 27.3 Å². The van der Waals surface area contributed by atoms with E-state index >= 15 is 0 Å². The first-order chi connectivity index (χ1) is 8.79. The average molecular weight is 246 g/mol. The highest BCUT2D eigenvalue weighted by Crippen LogP contribution is 2.09. The van der Waals surface area contributed by atoms with Gasteiger partial charge in [0.15, 0.2) is 0 Å². The molecular formula is C14H22N4. The molecule has 2 heterocycles. The van der Waals surface area contributed by atoms with Gasteiger partial charge in [0.25, 0.3) is 0 Å². The van der Waals surface area contributed by atoms with E-state index in [0.29, 0.717) is 6.04 Å². The van der Waals surface area contributed by atoms with Crippen LogP contribution in [0.5, 0.6) is 0 Å². The summed E-state index contributed by atoms with van der Waals surface area (Å²) in [4.78, 5) is 2.35. The van der Waals surface area contributed by atoms with Crippen molar-refractivity contribution >= 4 is 0 Å². The summed E-state index contributed by atoms with van der Waals surface area (Å²) in [5, 5.41) is 7.81. The molecule has 0 unspecified atom stereocenters. The number of hydrogen-bond acceptors (Lipinski definition) is 3. The van der Waals surface area contributed by atoms with Gasteiger partial charge in [0.1, 0.15) is 0 Å². The van der Waals surface area contributed by atoms with Gasteiger partial charge in [0.2, 0.25) is 0 Å². The molecule has 1 aliphatic heterocycles. The Kier molecular flexibility index (Phi) is 4.80. The molecule has 0 aliphatic carbocycles. The van der Waals surface area contributed by atoms with Crippen molar-refractivity contribution in [1.29, 1.82) is 0 Å². The molecule has 0 aromatic carbocycles. The number of aromatic nitrogens is 2. The van der Waals surface area contributed by atoms with E-state index in [1.54, 1.807) is 0 Å². The van der Waals surface area contributed by atoms with Gasteiger partial charge in [-0.25, -0.2) is 0 Å². The molecule has 4 nitrogen and oxygen atoms in total. The molecule has 1 aromatic rings. The molecular weight excluding hydrogens is 224 g/mol. The third kappa shape index (κ3) is 3.59. The smallest absolute Gasteiger partial charge is 0.0598 e. The predicted molar refractivity (Wildman–Crippen MR) is 73.2 cm³/mol. The standard InChI is InChI=1S/C14H22N4/c1-3-10-18-11-6-13(7-12-18)15-8-4-14-5-9-16-17(14)2/h1,5,9,13,15H,4,6-8,10-12H2,2H3. The number of nitrogens with one attached hydrogen (secondary N) is 1. The van der Waals surface area contributed by atoms with Crippen LogP contribution < -0.4 is 5.32 Å². The van der Waals surface area contributed by atoms with Crippen molar-refractivity contribution in [2.45, 2.75) is 25.3 Å². The summed E-state index contributed by atoms with van der Waals surface area (Å²) in [5.74, 6) is 2.72. The summed E-state index contributed by atoms with van der Waals surface area (Å²) in [6, 6.07) is 2.73. The first-order valence-corrected chi connectivity index (χ1v) is 6.65. The molecule has 1 fully saturated rings. The number of rotatable bonds is 5. The van der Waals surface area contributed by atoms with Gasteiger partial charge >= 0.3 is 0 Å². The van der Waals surface area contributed by atoms with Crippen molar-refractivity contribution in [2.75, 3.05) is 26.2 Å². The molecule has 0 bridgehead atoms. The minimum Gasteiger partial charge on any atom is -0.313 e. The number of aryl methyl sites for hydroxylation is 1. The van der Waals surface area contributed by atoms with Crippen molar-refractivity contribution in [1.82, 2.24) is 20.0 Å². The van der Waals surface area contributed by atoms with Gasteiger partial charge in [-0.2, -0.15) is 5.10 Å². The summed E-state index contributed by atoms with van der Waals surface area (Å²) in [7, 11) is 1.99. The monoisotopic (exact) mass is 246 g/mol. The second-order valence-corrected chi connectivity index (χ2v) is 4.90. The van der Waals surface area contributed by atoms with Crippen LogP contribution in [0.3, 0.4) is 0 Å². The molecule has 0 amide bonds. The average Bonchev–Trinajstić information content (AvgIpc) is 2.78. The van der Waals surface area contributed by atoms with Gasteiger partial charge in [0, 0.05) is 51.0 Å². The predicted octanol–water partition coefficient (Wildman–Crippen LogP) is 0.650. The summed E-state index contributed by atoms with van der Waals surface area (Å²) >= 11 is 0. The molecule has 0 radical (unpaired) electrons. The molecule has 2 rings (SSSR count).